The van der Waals surface area contributed by atoms with Gasteiger partial charge in [-0.15, -0.1) is 0 Å². The van der Waals surface area contributed by atoms with Crippen molar-refractivity contribution < 1.29 is 9.18 Å². The van der Waals surface area contributed by atoms with Crippen LogP contribution < -0.4 is 10.9 Å². The number of pyridine rings is 2. The Morgan fingerprint density at radius 1 is 1.27 bits per heavy atom. The smallest absolute Gasteiger partial charge is 0.268 e. The van der Waals surface area contributed by atoms with Crippen molar-refractivity contribution in [3.8, 4) is 0 Å². The summed E-state index contributed by atoms with van der Waals surface area (Å²) in [7, 11) is 0. The van der Waals surface area contributed by atoms with E-state index in [-0.39, 0.29) is 22.5 Å². The van der Waals surface area contributed by atoms with Crippen molar-refractivity contribution in [1.82, 2.24) is 14.9 Å². The third kappa shape index (κ3) is 3.79. The number of aromatic nitrogens is 2. The molecule has 2 heterocycles. The molecule has 1 N–H and O–H groups in total. The standard InChI is InChI=1S/C20H20FN3O2/c1-2-3-9-24-18(19(25)23-13-14-5-4-8-22-12-14)10-15-6-7-16(21)11-17(15)20(24)26/h4-8,10-12H,2-3,9,13H2,1H3,(H,23,25). The molecule has 0 bridgehead atoms. The first-order chi connectivity index (χ1) is 12.6. The van der Waals surface area contributed by atoms with Crippen LogP contribution in [0.5, 0.6) is 0 Å². The van der Waals surface area contributed by atoms with Gasteiger partial charge in [0.05, 0.1) is 5.39 Å². The number of hydrogen-bond donors (Lipinski definition) is 1. The number of carbonyl (C=O) groups is 1. The third-order valence-electron chi connectivity index (χ3n) is 4.22. The lowest BCUT2D eigenvalue weighted by molar-refractivity contribution is 0.0940. The zero-order valence-electron chi connectivity index (χ0n) is 14.5. The highest BCUT2D eigenvalue weighted by Crippen LogP contribution is 2.15. The van der Waals surface area contributed by atoms with Gasteiger partial charge in [-0.3, -0.25) is 14.6 Å². The van der Waals surface area contributed by atoms with Gasteiger partial charge in [0, 0.05) is 25.5 Å². The summed E-state index contributed by atoms with van der Waals surface area (Å²) in [6.45, 7) is 2.74. The van der Waals surface area contributed by atoms with Crippen LogP contribution in [-0.2, 0) is 13.1 Å². The number of benzene rings is 1. The van der Waals surface area contributed by atoms with E-state index in [0.29, 0.717) is 18.5 Å². The van der Waals surface area contributed by atoms with Gasteiger partial charge in [0.15, 0.2) is 0 Å². The molecular weight excluding hydrogens is 333 g/mol. The second-order valence-corrected chi connectivity index (χ2v) is 6.12. The van der Waals surface area contributed by atoms with Crippen LogP contribution in [0, 0.1) is 5.82 Å². The van der Waals surface area contributed by atoms with Gasteiger partial charge >= 0.3 is 0 Å². The maximum Gasteiger partial charge on any atom is 0.268 e. The number of fused-ring (bicyclic) bond motifs is 1. The largest absolute Gasteiger partial charge is 0.347 e. The van der Waals surface area contributed by atoms with Gasteiger partial charge in [-0.1, -0.05) is 25.5 Å². The number of unbranched alkanes of at least 4 members (excludes halogenated alkanes) is 1. The minimum Gasteiger partial charge on any atom is -0.347 e. The summed E-state index contributed by atoms with van der Waals surface area (Å²) in [5.41, 5.74) is 0.805. The minimum atomic E-state index is -0.467. The molecule has 0 unspecified atom stereocenters. The van der Waals surface area contributed by atoms with Gasteiger partial charge in [0.25, 0.3) is 11.5 Å². The SMILES string of the molecule is CCCCn1c(C(=O)NCc2cccnc2)cc2ccc(F)cc2c1=O. The first kappa shape index (κ1) is 17.8. The van der Waals surface area contributed by atoms with E-state index < -0.39 is 5.82 Å². The van der Waals surface area contributed by atoms with Crippen molar-refractivity contribution in [3.05, 3.63) is 76.2 Å². The van der Waals surface area contributed by atoms with E-state index in [2.05, 4.69) is 10.3 Å². The highest BCUT2D eigenvalue weighted by molar-refractivity contribution is 5.96. The number of carbonyl (C=O) groups excluding carboxylic acids is 1. The summed E-state index contributed by atoms with van der Waals surface area (Å²) in [5, 5.41) is 3.66. The van der Waals surface area contributed by atoms with E-state index in [9.17, 15) is 14.0 Å². The Labute approximate surface area is 150 Å². The van der Waals surface area contributed by atoms with Gasteiger partial charge in [0.1, 0.15) is 11.5 Å². The maximum atomic E-state index is 13.5. The second-order valence-electron chi connectivity index (χ2n) is 6.12. The second kappa shape index (κ2) is 7.91. The Hall–Kier alpha value is -3.02. The van der Waals surface area contributed by atoms with Gasteiger partial charge in [-0.05, 0) is 41.6 Å². The summed E-state index contributed by atoms with van der Waals surface area (Å²) < 4.78 is 15.0. The lowest BCUT2D eigenvalue weighted by atomic mass is 10.1. The molecule has 6 heteroatoms. The van der Waals surface area contributed by atoms with Gasteiger partial charge < -0.3 is 9.88 Å². The number of nitrogens with zero attached hydrogens (tertiary/aromatic N) is 2. The van der Waals surface area contributed by atoms with Crippen LogP contribution in [-0.4, -0.2) is 15.5 Å². The molecule has 0 spiro atoms. The van der Waals surface area contributed by atoms with Crippen LogP contribution in [0.4, 0.5) is 4.39 Å². The fourth-order valence-electron chi connectivity index (χ4n) is 2.82. The molecular formula is C20H20FN3O2. The number of nitrogens with one attached hydrogen (secondary N) is 1. The fraction of sp³-hybridized carbons (Fsp3) is 0.250. The lowest BCUT2D eigenvalue weighted by Gasteiger charge is -2.14. The van der Waals surface area contributed by atoms with E-state index in [1.54, 1.807) is 24.5 Å². The summed E-state index contributed by atoms with van der Waals surface area (Å²) in [6.07, 6.45) is 4.97. The molecule has 0 fully saturated rings. The molecule has 1 amide bonds. The fourth-order valence-corrected chi connectivity index (χ4v) is 2.82. The molecule has 0 atom stereocenters. The zero-order chi connectivity index (χ0) is 18.5. The monoisotopic (exact) mass is 353 g/mol. The van der Waals surface area contributed by atoms with E-state index in [1.165, 1.54) is 22.8 Å². The lowest BCUT2D eigenvalue weighted by Crippen LogP contribution is -2.32. The van der Waals surface area contributed by atoms with Crippen molar-refractivity contribution in [2.75, 3.05) is 0 Å². The molecule has 0 radical (unpaired) electrons. The molecule has 5 nitrogen and oxygen atoms in total. The normalized spacial score (nSPS) is 10.8. The molecule has 0 aliphatic rings. The highest BCUT2D eigenvalue weighted by Gasteiger charge is 2.15. The van der Waals surface area contributed by atoms with Gasteiger partial charge in [-0.25, -0.2) is 4.39 Å². The number of rotatable bonds is 6. The Morgan fingerprint density at radius 2 is 2.12 bits per heavy atom. The molecule has 134 valence electrons. The summed E-state index contributed by atoms with van der Waals surface area (Å²) in [4.78, 5) is 29.5. The van der Waals surface area contributed by atoms with Crippen LogP contribution >= 0.6 is 0 Å². The molecule has 0 saturated heterocycles. The molecule has 3 aromatic rings. The maximum absolute atomic E-state index is 13.5. The van der Waals surface area contributed by atoms with E-state index >= 15 is 0 Å². The van der Waals surface area contributed by atoms with Crippen molar-refractivity contribution >= 4 is 16.7 Å². The van der Waals surface area contributed by atoms with Crippen molar-refractivity contribution in [2.24, 2.45) is 0 Å². The summed E-state index contributed by atoms with van der Waals surface area (Å²) in [6, 6.07) is 9.33. The van der Waals surface area contributed by atoms with Gasteiger partial charge in [0.2, 0.25) is 0 Å². The Kier molecular flexibility index (Phi) is 5.41. The average Bonchev–Trinajstić information content (AvgIpc) is 2.66. The molecule has 2 aromatic heterocycles. The number of halogens is 1. The Morgan fingerprint density at radius 3 is 2.85 bits per heavy atom. The molecule has 1 aromatic carbocycles. The zero-order valence-corrected chi connectivity index (χ0v) is 14.5. The van der Waals surface area contributed by atoms with Crippen LogP contribution in [0.1, 0.15) is 35.8 Å². The molecule has 0 aliphatic carbocycles. The molecule has 26 heavy (non-hydrogen) atoms. The summed E-state index contributed by atoms with van der Waals surface area (Å²) >= 11 is 0. The van der Waals surface area contributed by atoms with Crippen LogP contribution in [0.2, 0.25) is 0 Å². The average molecular weight is 353 g/mol. The number of hydrogen-bond acceptors (Lipinski definition) is 3. The first-order valence-corrected chi connectivity index (χ1v) is 8.60. The van der Waals surface area contributed by atoms with Crippen LogP contribution in [0.25, 0.3) is 10.8 Å². The van der Waals surface area contributed by atoms with Crippen LogP contribution in [0.3, 0.4) is 0 Å². The van der Waals surface area contributed by atoms with E-state index in [0.717, 1.165) is 18.4 Å². The number of amides is 1. The summed E-state index contributed by atoms with van der Waals surface area (Å²) in [5.74, 6) is -0.807. The third-order valence-corrected chi connectivity index (χ3v) is 4.22. The highest BCUT2D eigenvalue weighted by atomic mass is 19.1. The molecule has 0 aliphatic heterocycles. The van der Waals surface area contributed by atoms with Crippen molar-refractivity contribution in [2.45, 2.75) is 32.9 Å². The van der Waals surface area contributed by atoms with Crippen molar-refractivity contribution in [1.29, 1.82) is 0 Å². The van der Waals surface area contributed by atoms with Crippen molar-refractivity contribution in [3.63, 3.8) is 0 Å². The Bertz CT molecular complexity index is 984. The van der Waals surface area contributed by atoms with Crippen LogP contribution in [0.15, 0.2) is 53.6 Å². The molecule has 0 saturated carbocycles. The first-order valence-electron chi connectivity index (χ1n) is 8.60. The molecule has 3 rings (SSSR count). The predicted molar refractivity (Wildman–Crippen MR) is 98.5 cm³/mol. The Balaban J connectivity index is 1.98. The minimum absolute atomic E-state index is 0.282. The van der Waals surface area contributed by atoms with E-state index in [4.69, 9.17) is 0 Å². The quantitative estimate of drug-likeness (QED) is 0.740. The topological polar surface area (TPSA) is 64.0 Å². The van der Waals surface area contributed by atoms with Gasteiger partial charge in [-0.2, -0.15) is 0 Å². The van der Waals surface area contributed by atoms with E-state index in [1.807, 2.05) is 13.0 Å². The predicted octanol–water partition coefficient (Wildman–Crippen LogP) is 3.27.